The molecule has 2 aliphatic heterocycles. The van der Waals surface area contributed by atoms with Gasteiger partial charge in [0.05, 0.1) is 6.61 Å². The Kier molecular flexibility index (Phi) is 6.53. The van der Waals surface area contributed by atoms with Crippen molar-refractivity contribution in [2.45, 2.75) is 20.8 Å². The molecule has 0 unspecified atom stereocenters. The summed E-state index contributed by atoms with van der Waals surface area (Å²) in [6, 6.07) is 13.9. The number of urea groups is 1. The Morgan fingerprint density at radius 2 is 1.66 bits per heavy atom. The molecule has 0 radical (unpaired) electrons. The predicted molar refractivity (Wildman–Crippen MR) is 127 cm³/mol. The van der Waals surface area contributed by atoms with Crippen molar-refractivity contribution in [3.05, 3.63) is 53.6 Å². The van der Waals surface area contributed by atoms with Gasteiger partial charge in [-0.1, -0.05) is 12.1 Å². The molecule has 170 valence electrons. The average Bonchev–Trinajstić information content (AvgIpc) is 3.16. The number of rotatable bonds is 6. The summed E-state index contributed by atoms with van der Waals surface area (Å²) in [7, 11) is 0. The number of ether oxygens (including phenoxy) is 1. The molecule has 4 rings (SSSR count). The Morgan fingerprint density at radius 1 is 0.938 bits per heavy atom. The zero-order valence-electron chi connectivity index (χ0n) is 19.2. The quantitative estimate of drug-likeness (QED) is 0.697. The number of carbonyl (C=O) groups excluding carboxylic acids is 2. The predicted octanol–water partition coefficient (Wildman–Crippen LogP) is 3.29. The molecule has 7 heteroatoms. The first-order valence-electron chi connectivity index (χ1n) is 11.4. The highest BCUT2D eigenvalue weighted by Crippen LogP contribution is 2.25. The Labute approximate surface area is 190 Å². The average molecular weight is 437 g/mol. The van der Waals surface area contributed by atoms with Crippen LogP contribution in [-0.4, -0.2) is 74.2 Å². The first-order valence-corrected chi connectivity index (χ1v) is 11.4. The molecule has 7 nitrogen and oxygen atoms in total. The van der Waals surface area contributed by atoms with Crippen LogP contribution < -0.4 is 14.5 Å². The van der Waals surface area contributed by atoms with E-state index in [0.717, 1.165) is 24.5 Å². The third-order valence-electron chi connectivity index (χ3n) is 6.22. The second-order valence-corrected chi connectivity index (χ2v) is 8.44. The second-order valence-electron chi connectivity index (χ2n) is 8.44. The minimum atomic E-state index is -0.114. The summed E-state index contributed by atoms with van der Waals surface area (Å²) in [5, 5.41) is 0. The molecule has 2 aliphatic rings. The molecule has 0 bridgehead atoms. The molecule has 0 aromatic heterocycles. The minimum absolute atomic E-state index is 0.0208. The number of nitrogens with zero attached hydrogens (tertiary/aromatic N) is 4. The number of benzene rings is 2. The van der Waals surface area contributed by atoms with Crippen molar-refractivity contribution in [3.63, 3.8) is 0 Å². The van der Waals surface area contributed by atoms with Crippen LogP contribution in [0.25, 0.3) is 0 Å². The van der Waals surface area contributed by atoms with Crippen LogP contribution in [-0.2, 0) is 4.79 Å². The molecular weight excluding hydrogens is 404 g/mol. The van der Waals surface area contributed by atoms with Crippen LogP contribution in [0, 0.1) is 13.8 Å². The van der Waals surface area contributed by atoms with Gasteiger partial charge in [0.1, 0.15) is 12.3 Å². The summed E-state index contributed by atoms with van der Waals surface area (Å²) in [6.07, 6.45) is 0. The number of hydrogen-bond donors (Lipinski definition) is 0. The maximum Gasteiger partial charge on any atom is 0.325 e. The zero-order valence-corrected chi connectivity index (χ0v) is 19.2. The standard InChI is InChI=1S/C25H32N4O3/c1-4-32-22-9-7-21(8-10-22)29-16-15-28(25(29)31)18-24(30)27-13-11-26(12-14-27)23-17-19(2)5-6-20(23)3/h5-10,17H,4,11-16,18H2,1-3H3. The minimum Gasteiger partial charge on any atom is -0.494 e. The van der Waals surface area contributed by atoms with E-state index in [1.54, 1.807) is 9.80 Å². The number of amides is 3. The van der Waals surface area contributed by atoms with Crippen LogP contribution in [0.4, 0.5) is 16.2 Å². The molecule has 0 aliphatic carbocycles. The third kappa shape index (κ3) is 4.66. The maximum absolute atomic E-state index is 12.9. The van der Waals surface area contributed by atoms with E-state index in [9.17, 15) is 9.59 Å². The molecule has 0 spiro atoms. The van der Waals surface area contributed by atoms with E-state index in [2.05, 4.69) is 36.9 Å². The molecule has 2 aromatic rings. The van der Waals surface area contributed by atoms with Crippen LogP contribution in [0.15, 0.2) is 42.5 Å². The van der Waals surface area contributed by atoms with Crippen molar-refractivity contribution in [1.82, 2.24) is 9.80 Å². The van der Waals surface area contributed by atoms with Crippen molar-refractivity contribution < 1.29 is 14.3 Å². The lowest BCUT2D eigenvalue weighted by atomic mass is 10.1. The summed E-state index contributed by atoms with van der Waals surface area (Å²) in [5.41, 5.74) is 4.58. The van der Waals surface area contributed by atoms with Crippen LogP contribution in [0.3, 0.4) is 0 Å². The molecule has 0 saturated carbocycles. The smallest absolute Gasteiger partial charge is 0.325 e. The van der Waals surface area contributed by atoms with E-state index in [1.807, 2.05) is 36.1 Å². The fourth-order valence-electron chi connectivity index (χ4n) is 4.38. The highest BCUT2D eigenvalue weighted by Gasteiger charge is 2.32. The van der Waals surface area contributed by atoms with Crippen molar-refractivity contribution in [3.8, 4) is 5.75 Å². The summed E-state index contributed by atoms with van der Waals surface area (Å²) < 4.78 is 5.47. The Balaban J connectivity index is 1.31. The van der Waals surface area contributed by atoms with Crippen LogP contribution in [0.1, 0.15) is 18.1 Å². The van der Waals surface area contributed by atoms with E-state index < -0.39 is 0 Å². The molecule has 2 fully saturated rings. The van der Waals surface area contributed by atoms with E-state index in [4.69, 9.17) is 4.74 Å². The third-order valence-corrected chi connectivity index (χ3v) is 6.22. The highest BCUT2D eigenvalue weighted by atomic mass is 16.5. The summed E-state index contributed by atoms with van der Waals surface area (Å²) >= 11 is 0. The maximum atomic E-state index is 12.9. The molecule has 32 heavy (non-hydrogen) atoms. The second kappa shape index (κ2) is 9.51. The first kappa shape index (κ1) is 22.0. The van der Waals surface area contributed by atoms with Gasteiger partial charge in [0.15, 0.2) is 0 Å². The van der Waals surface area contributed by atoms with Crippen molar-refractivity contribution in [2.75, 3.05) is 62.2 Å². The van der Waals surface area contributed by atoms with Gasteiger partial charge in [-0.05, 0) is 62.2 Å². The first-order chi connectivity index (χ1) is 15.5. The monoisotopic (exact) mass is 436 g/mol. The van der Waals surface area contributed by atoms with Crippen LogP contribution >= 0.6 is 0 Å². The Morgan fingerprint density at radius 3 is 2.34 bits per heavy atom. The van der Waals surface area contributed by atoms with E-state index in [1.165, 1.54) is 16.8 Å². The highest BCUT2D eigenvalue weighted by molar-refractivity contribution is 5.96. The van der Waals surface area contributed by atoms with Gasteiger partial charge >= 0.3 is 6.03 Å². The van der Waals surface area contributed by atoms with Crippen LogP contribution in [0.5, 0.6) is 5.75 Å². The lowest BCUT2D eigenvalue weighted by Gasteiger charge is -2.37. The largest absolute Gasteiger partial charge is 0.494 e. The van der Waals surface area contributed by atoms with Crippen molar-refractivity contribution in [1.29, 1.82) is 0 Å². The fraction of sp³-hybridized carbons (Fsp3) is 0.440. The van der Waals surface area contributed by atoms with Gasteiger partial charge in [-0.2, -0.15) is 0 Å². The Hall–Kier alpha value is -3.22. The van der Waals surface area contributed by atoms with Gasteiger partial charge in [0.25, 0.3) is 0 Å². The van der Waals surface area contributed by atoms with Gasteiger partial charge in [-0.25, -0.2) is 4.79 Å². The molecule has 2 heterocycles. The fourth-order valence-corrected chi connectivity index (χ4v) is 4.38. The van der Waals surface area contributed by atoms with Gasteiger partial charge in [0.2, 0.25) is 5.91 Å². The summed E-state index contributed by atoms with van der Waals surface area (Å²) in [4.78, 5) is 33.4. The number of anilines is 2. The summed E-state index contributed by atoms with van der Waals surface area (Å²) in [6.45, 7) is 11.0. The van der Waals surface area contributed by atoms with Gasteiger partial charge in [-0.15, -0.1) is 0 Å². The number of piperazine rings is 1. The number of aryl methyl sites for hydroxylation is 2. The number of hydrogen-bond acceptors (Lipinski definition) is 4. The molecule has 0 atom stereocenters. The molecule has 2 aromatic carbocycles. The van der Waals surface area contributed by atoms with Crippen molar-refractivity contribution >= 4 is 23.3 Å². The SMILES string of the molecule is CCOc1ccc(N2CCN(CC(=O)N3CCN(c4cc(C)ccc4C)CC3)C2=O)cc1. The lowest BCUT2D eigenvalue weighted by Crippen LogP contribution is -2.51. The molecular formula is C25H32N4O3. The summed E-state index contributed by atoms with van der Waals surface area (Å²) in [5.74, 6) is 0.808. The van der Waals surface area contributed by atoms with Gasteiger partial charge in [-0.3, -0.25) is 9.69 Å². The Bertz CT molecular complexity index is 968. The molecule has 2 saturated heterocycles. The molecule has 0 N–H and O–H groups in total. The number of carbonyl (C=O) groups is 2. The zero-order chi connectivity index (χ0) is 22.7. The van der Waals surface area contributed by atoms with Gasteiger partial charge in [0, 0.05) is 50.6 Å². The topological polar surface area (TPSA) is 56.3 Å². The van der Waals surface area contributed by atoms with Gasteiger partial charge < -0.3 is 19.4 Å². The lowest BCUT2D eigenvalue weighted by molar-refractivity contribution is -0.131. The van der Waals surface area contributed by atoms with Crippen molar-refractivity contribution in [2.24, 2.45) is 0 Å². The normalized spacial score (nSPS) is 16.7. The molecule has 3 amide bonds. The van der Waals surface area contributed by atoms with E-state index in [0.29, 0.717) is 32.8 Å². The van der Waals surface area contributed by atoms with Crippen LogP contribution in [0.2, 0.25) is 0 Å². The van der Waals surface area contributed by atoms with E-state index >= 15 is 0 Å². The van der Waals surface area contributed by atoms with E-state index in [-0.39, 0.29) is 18.5 Å².